The molecule has 0 radical (unpaired) electrons. The number of carbonyl (C=O) groups is 2. The van der Waals surface area contributed by atoms with Crippen molar-refractivity contribution in [1.29, 1.82) is 0 Å². The Labute approximate surface area is 92.6 Å². The van der Waals surface area contributed by atoms with E-state index in [2.05, 4.69) is 5.32 Å². The molecule has 1 N–H and O–H groups in total. The van der Waals surface area contributed by atoms with Crippen LogP contribution < -0.4 is 5.32 Å². The normalized spacial score (nSPS) is 14.8. The summed E-state index contributed by atoms with van der Waals surface area (Å²) in [6, 6.07) is 0.186. The first-order chi connectivity index (χ1) is 6.88. The highest BCUT2D eigenvalue weighted by Crippen LogP contribution is 2.16. The van der Waals surface area contributed by atoms with E-state index in [9.17, 15) is 9.59 Å². The van der Waals surface area contributed by atoms with Crippen LogP contribution in [0.1, 0.15) is 47.5 Å². The van der Waals surface area contributed by atoms with Crippen molar-refractivity contribution in [3.05, 3.63) is 0 Å². The molecule has 0 fully saturated rings. The minimum Gasteiger partial charge on any atom is -0.353 e. The molecule has 3 heteroatoms. The molecule has 0 bridgehead atoms. The monoisotopic (exact) mass is 213 g/mol. The quantitative estimate of drug-likeness (QED) is 0.735. The molecule has 0 aromatic carbocycles. The highest BCUT2D eigenvalue weighted by Gasteiger charge is 2.24. The largest absolute Gasteiger partial charge is 0.353 e. The second-order valence-corrected chi connectivity index (χ2v) is 4.57. The van der Waals surface area contributed by atoms with Crippen molar-refractivity contribution in [2.45, 2.75) is 53.5 Å². The van der Waals surface area contributed by atoms with Crippen molar-refractivity contribution in [2.75, 3.05) is 0 Å². The van der Waals surface area contributed by atoms with Gasteiger partial charge in [-0.2, -0.15) is 0 Å². The van der Waals surface area contributed by atoms with Gasteiger partial charge in [0.2, 0.25) is 5.91 Å². The number of carbonyl (C=O) groups excluding carboxylic acids is 2. The van der Waals surface area contributed by atoms with Crippen LogP contribution in [-0.2, 0) is 9.59 Å². The SMILES string of the molecule is CCC(C)NC(=O)C(CC(C)=O)C(C)C. The van der Waals surface area contributed by atoms with Gasteiger partial charge >= 0.3 is 0 Å². The van der Waals surface area contributed by atoms with Crippen molar-refractivity contribution in [1.82, 2.24) is 5.32 Å². The maximum absolute atomic E-state index is 11.8. The van der Waals surface area contributed by atoms with Gasteiger partial charge in [0.25, 0.3) is 0 Å². The zero-order valence-electron chi connectivity index (χ0n) is 10.5. The van der Waals surface area contributed by atoms with E-state index in [4.69, 9.17) is 0 Å². The molecule has 0 aliphatic carbocycles. The summed E-state index contributed by atoms with van der Waals surface area (Å²) in [7, 11) is 0. The van der Waals surface area contributed by atoms with Gasteiger partial charge in [-0.25, -0.2) is 0 Å². The zero-order valence-corrected chi connectivity index (χ0v) is 10.5. The lowest BCUT2D eigenvalue weighted by Gasteiger charge is -2.21. The minimum atomic E-state index is -0.184. The van der Waals surface area contributed by atoms with Gasteiger partial charge in [-0.15, -0.1) is 0 Å². The van der Waals surface area contributed by atoms with Crippen molar-refractivity contribution >= 4 is 11.7 Å². The summed E-state index contributed by atoms with van der Waals surface area (Å²) < 4.78 is 0. The van der Waals surface area contributed by atoms with E-state index in [0.717, 1.165) is 6.42 Å². The molecule has 3 nitrogen and oxygen atoms in total. The van der Waals surface area contributed by atoms with Crippen LogP contribution in [0.3, 0.4) is 0 Å². The number of hydrogen-bond acceptors (Lipinski definition) is 2. The van der Waals surface area contributed by atoms with Gasteiger partial charge in [0.1, 0.15) is 5.78 Å². The molecule has 0 aromatic rings. The van der Waals surface area contributed by atoms with Crippen LogP contribution in [-0.4, -0.2) is 17.7 Å². The predicted octanol–water partition coefficient (Wildman–Crippen LogP) is 2.15. The molecule has 2 atom stereocenters. The fourth-order valence-corrected chi connectivity index (χ4v) is 1.39. The number of hydrogen-bond donors (Lipinski definition) is 1. The third kappa shape index (κ3) is 5.55. The summed E-state index contributed by atoms with van der Waals surface area (Å²) in [5.41, 5.74) is 0. The van der Waals surface area contributed by atoms with Crippen LogP contribution in [0.2, 0.25) is 0 Å². The fraction of sp³-hybridized carbons (Fsp3) is 0.833. The Kier molecular flexibility index (Phi) is 6.21. The van der Waals surface area contributed by atoms with E-state index in [0.29, 0.717) is 6.42 Å². The Balaban J connectivity index is 4.35. The maximum atomic E-state index is 11.8. The summed E-state index contributed by atoms with van der Waals surface area (Å²) in [5, 5.41) is 2.93. The van der Waals surface area contributed by atoms with Crippen molar-refractivity contribution in [2.24, 2.45) is 11.8 Å². The Bertz CT molecular complexity index is 224. The van der Waals surface area contributed by atoms with E-state index >= 15 is 0 Å². The van der Waals surface area contributed by atoms with Crippen LogP contribution >= 0.6 is 0 Å². The van der Waals surface area contributed by atoms with E-state index < -0.39 is 0 Å². The molecule has 0 aromatic heterocycles. The Morgan fingerprint density at radius 1 is 1.20 bits per heavy atom. The first-order valence-electron chi connectivity index (χ1n) is 5.68. The smallest absolute Gasteiger partial charge is 0.224 e. The van der Waals surface area contributed by atoms with Crippen LogP contribution in [0.5, 0.6) is 0 Å². The molecule has 0 saturated heterocycles. The van der Waals surface area contributed by atoms with Gasteiger partial charge in [-0.05, 0) is 26.2 Å². The Morgan fingerprint density at radius 3 is 2.07 bits per heavy atom. The summed E-state index contributed by atoms with van der Waals surface area (Å²) >= 11 is 0. The predicted molar refractivity (Wildman–Crippen MR) is 61.5 cm³/mol. The van der Waals surface area contributed by atoms with Crippen LogP contribution in [0.15, 0.2) is 0 Å². The second kappa shape index (κ2) is 6.59. The number of ketones is 1. The molecule has 2 unspecified atom stereocenters. The molecule has 15 heavy (non-hydrogen) atoms. The number of amides is 1. The van der Waals surface area contributed by atoms with Crippen molar-refractivity contribution < 1.29 is 9.59 Å². The highest BCUT2D eigenvalue weighted by molar-refractivity contribution is 5.85. The molecule has 0 aliphatic heterocycles. The van der Waals surface area contributed by atoms with Crippen LogP contribution in [0.4, 0.5) is 0 Å². The summed E-state index contributed by atoms with van der Waals surface area (Å²) in [6.45, 7) is 9.49. The van der Waals surface area contributed by atoms with Gasteiger partial charge in [0.15, 0.2) is 0 Å². The second-order valence-electron chi connectivity index (χ2n) is 4.57. The minimum absolute atomic E-state index is 0.00884. The molecule has 88 valence electrons. The van der Waals surface area contributed by atoms with Crippen molar-refractivity contribution in [3.8, 4) is 0 Å². The third-order valence-electron chi connectivity index (χ3n) is 2.65. The first kappa shape index (κ1) is 14.1. The summed E-state index contributed by atoms with van der Waals surface area (Å²) in [6.07, 6.45) is 1.26. The molecular formula is C12H23NO2. The van der Waals surface area contributed by atoms with Crippen molar-refractivity contribution in [3.63, 3.8) is 0 Å². The lowest BCUT2D eigenvalue weighted by molar-refractivity contribution is -0.130. The lowest BCUT2D eigenvalue weighted by atomic mass is 9.90. The number of rotatable bonds is 6. The average Bonchev–Trinajstić information content (AvgIpc) is 2.12. The molecular weight excluding hydrogens is 190 g/mol. The molecule has 1 amide bonds. The zero-order chi connectivity index (χ0) is 12.0. The maximum Gasteiger partial charge on any atom is 0.224 e. The van der Waals surface area contributed by atoms with Crippen LogP contribution in [0, 0.1) is 11.8 Å². The lowest BCUT2D eigenvalue weighted by Crippen LogP contribution is -2.39. The first-order valence-corrected chi connectivity index (χ1v) is 5.68. The van der Waals surface area contributed by atoms with Gasteiger partial charge in [0, 0.05) is 18.4 Å². The van der Waals surface area contributed by atoms with E-state index in [1.165, 1.54) is 6.92 Å². The Hall–Kier alpha value is -0.860. The third-order valence-corrected chi connectivity index (χ3v) is 2.65. The number of nitrogens with one attached hydrogen (secondary N) is 1. The topological polar surface area (TPSA) is 46.2 Å². The van der Waals surface area contributed by atoms with E-state index in [-0.39, 0.29) is 29.6 Å². The van der Waals surface area contributed by atoms with E-state index in [1.807, 2.05) is 27.7 Å². The number of Topliss-reactive ketones (excluding diaryl/α,β-unsaturated/α-hetero) is 1. The van der Waals surface area contributed by atoms with E-state index in [1.54, 1.807) is 0 Å². The summed E-state index contributed by atoms with van der Waals surface area (Å²) in [5.74, 6) is 0.108. The molecule has 0 heterocycles. The Morgan fingerprint density at radius 2 is 1.73 bits per heavy atom. The standard InChI is InChI=1S/C12H23NO2/c1-6-9(4)13-12(15)11(8(2)3)7-10(5)14/h8-9,11H,6-7H2,1-5H3,(H,13,15). The average molecular weight is 213 g/mol. The molecule has 0 saturated carbocycles. The summed E-state index contributed by atoms with van der Waals surface area (Å²) in [4.78, 5) is 22.9. The molecule has 0 spiro atoms. The van der Waals surface area contributed by atoms with Gasteiger partial charge < -0.3 is 10.1 Å². The van der Waals surface area contributed by atoms with Gasteiger partial charge in [-0.3, -0.25) is 4.79 Å². The highest BCUT2D eigenvalue weighted by atomic mass is 16.2. The fourth-order valence-electron chi connectivity index (χ4n) is 1.39. The van der Waals surface area contributed by atoms with Crippen LogP contribution in [0.25, 0.3) is 0 Å². The molecule has 0 rings (SSSR count). The van der Waals surface area contributed by atoms with Gasteiger partial charge in [-0.1, -0.05) is 20.8 Å². The van der Waals surface area contributed by atoms with Gasteiger partial charge in [0.05, 0.1) is 0 Å². The molecule has 0 aliphatic rings.